The van der Waals surface area contributed by atoms with E-state index in [1.165, 1.54) is 0 Å². The van der Waals surface area contributed by atoms with Crippen LogP contribution in [0, 0.1) is 11.8 Å². The number of rotatable bonds is 7. The summed E-state index contributed by atoms with van der Waals surface area (Å²) in [6.45, 7) is 6.15. The van der Waals surface area contributed by atoms with Gasteiger partial charge in [0.15, 0.2) is 0 Å². The van der Waals surface area contributed by atoms with E-state index >= 15 is 0 Å². The van der Waals surface area contributed by atoms with E-state index in [4.69, 9.17) is 0 Å². The average Bonchev–Trinajstić information content (AvgIpc) is 2.37. The second kappa shape index (κ2) is 6.87. The zero-order valence-corrected chi connectivity index (χ0v) is 13.3. The van der Waals surface area contributed by atoms with Crippen molar-refractivity contribution in [1.82, 2.24) is 9.44 Å². The zero-order chi connectivity index (χ0) is 15.4. The lowest BCUT2D eigenvalue weighted by atomic mass is 9.76. The summed E-state index contributed by atoms with van der Waals surface area (Å²) in [6.07, 6.45) is 3.20. The summed E-state index contributed by atoms with van der Waals surface area (Å²) in [5, 5.41) is 9.43. The van der Waals surface area contributed by atoms with Gasteiger partial charge in [0.05, 0.1) is 0 Å². The van der Waals surface area contributed by atoms with Gasteiger partial charge in [0.25, 0.3) is 10.2 Å². The van der Waals surface area contributed by atoms with E-state index in [2.05, 4.69) is 16.4 Å². The van der Waals surface area contributed by atoms with Crippen LogP contribution in [-0.4, -0.2) is 31.6 Å². The van der Waals surface area contributed by atoms with Crippen molar-refractivity contribution < 1.29 is 18.3 Å². The van der Waals surface area contributed by atoms with E-state index in [9.17, 15) is 18.3 Å². The van der Waals surface area contributed by atoms with Gasteiger partial charge in [-0.3, -0.25) is 4.79 Å². The van der Waals surface area contributed by atoms with Gasteiger partial charge < -0.3 is 5.11 Å². The molecule has 6 nitrogen and oxygen atoms in total. The highest BCUT2D eigenvalue weighted by atomic mass is 32.2. The van der Waals surface area contributed by atoms with E-state index in [-0.39, 0.29) is 5.92 Å². The van der Waals surface area contributed by atoms with Crippen molar-refractivity contribution in [3.63, 3.8) is 0 Å². The van der Waals surface area contributed by atoms with Gasteiger partial charge in [-0.05, 0) is 37.5 Å². The number of carboxylic acids is 1. The molecule has 1 rings (SSSR count). The molecule has 0 heterocycles. The van der Waals surface area contributed by atoms with Crippen LogP contribution in [0.5, 0.6) is 0 Å². The first kappa shape index (κ1) is 17.4. The zero-order valence-electron chi connectivity index (χ0n) is 12.5. The molecule has 3 N–H and O–H groups in total. The molecule has 20 heavy (non-hydrogen) atoms. The summed E-state index contributed by atoms with van der Waals surface area (Å²) >= 11 is 0. The molecule has 0 unspecified atom stereocenters. The molecule has 0 amide bonds. The minimum absolute atomic E-state index is 0.170. The summed E-state index contributed by atoms with van der Waals surface area (Å²) in [5.41, 5.74) is -1.35. The van der Waals surface area contributed by atoms with Gasteiger partial charge in [-0.15, -0.1) is 0 Å². The predicted molar refractivity (Wildman–Crippen MR) is 77.5 cm³/mol. The number of aliphatic carboxylic acids is 1. The number of carboxylic acid groups (broad SMARTS) is 1. The standard InChI is InChI=1S/C13H26N2O4S/c1-4-11-5-7-13(8-6-11,12(16)17)15-20(18,19)14-9-10(2)3/h10-11,14-15H,4-9H2,1-3H3,(H,16,17). The van der Waals surface area contributed by atoms with Gasteiger partial charge >= 0.3 is 5.97 Å². The Kier molecular flexibility index (Phi) is 5.97. The van der Waals surface area contributed by atoms with Gasteiger partial charge in [-0.1, -0.05) is 27.2 Å². The fourth-order valence-corrected chi connectivity index (χ4v) is 3.94. The van der Waals surface area contributed by atoms with Gasteiger partial charge in [-0.2, -0.15) is 13.1 Å². The first-order chi connectivity index (χ1) is 9.21. The third-order valence-corrected chi connectivity index (χ3v) is 5.16. The molecular formula is C13H26N2O4S. The van der Waals surface area contributed by atoms with Crippen molar-refractivity contribution in [1.29, 1.82) is 0 Å². The van der Waals surface area contributed by atoms with Crippen LogP contribution in [0.2, 0.25) is 0 Å². The minimum atomic E-state index is -3.78. The summed E-state index contributed by atoms with van der Waals surface area (Å²) in [5.74, 6) is -0.416. The molecule has 0 saturated heterocycles. The Bertz CT molecular complexity index is 426. The van der Waals surface area contributed by atoms with E-state index in [0.717, 1.165) is 19.3 Å². The van der Waals surface area contributed by atoms with Crippen LogP contribution in [0.15, 0.2) is 0 Å². The molecule has 0 aromatic carbocycles. The van der Waals surface area contributed by atoms with Crippen LogP contribution >= 0.6 is 0 Å². The first-order valence-electron chi connectivity index (χ1n) is 7.22. The van der Waals surface area contributed by atoms with E-state index < -0.39 is 21.7 Å². The Balaban J connectivity index is 2.76. The SMILES string of the molecule is CCC1CCC(NS(=O)(=O)NCC(C)C)(C(=O)O)CC1. The Labute approximate surface area is 121 Å². The van der Waals surface area contributed by atoms with Crippen LogP contribution in [0.1, 0.15) is 52.9 Å². The number of carbonyl (C=O) groups is 1. The maximum absolute atomic E-state index is 12.0. The number of nitrogens with one attached hydrogen (secondary N) is 2. The van der Waals surface area contributed by atoms with Crippen molar-refractivity contribution in [3.8, 4) is 0 Å². The van der Waals surface area contributed by atoms with E-state index in [1.54, 1.807) is 0 Å². The van der Waals surface area contributed by atoms with E-state index in [0.29, 0.717) is 25.3 Å². The lowest BCUT2D eigenvalue weighted by Crippen LogP contribution is -2.59. The van der Waals surface area contributed by atoms with Gasteiger partial charge in [-0.25, -0.2) is 4.72 Å². The van der Waals surface area contributed by atoms with Crippen molar-refractivity contribution in [2.24, 2.45) is 11.8 Å². The highest BCUT2D eigenvalue weighted by Crippen LogP contribution is 2.34. The molecule has 1 fully saturated rings. The topological polar surface area (TPSA) is 95.5 Å². The van der Waals surface area contributed by atoms with Crippen molar-refractivity contribution in [2.45, 2.75) is 58.4 Å². The molecule has 0 spiro atoms. The van der Waals surface area contributed by atoms with Crippen molar-refractivity contribution in [2.75, 3.05) is 6.54 Å². The molecular weight excluding hydrogens is 280 g/mol. The summed E-state index contributed by atoms with van der Waals surface area (Å²) < 4.78 is 28.7. The number of hydrogen-bond acceptors (Lipinski definition) is 3. The highest BCUT2D eigenvalue weighted by Gasteiger charge is 2.44. The second-order valence-electron chi connectivity index (χ2n) is 6.09. The van der Waals surface area contributed by atoms with Crippen LogP contribution in [-0.2, 0) is 15.0 Å². The van der Waals surface area contributed by atoms with Gasteiger partial charge in [0.1, 0.15) is 5.54 Å². The molecule has 7 heteroatoms. The summed E-state index contributed by atoms with van der Waals surface area (Å²) in [4.78, 5) is 11.5. The minimum Gasteiger partial charge on any atom is -0.480 e. The monoisotopic (exact) mass is 306 g/mol. The normalized spacial score (nSPS) is 27.7. The number of hydrogen-bond donors (Lipinski definition) is 3. The molecule has 0 radical (unpaired) electrons. The molecule has 1 saturated carbocycles. The Morgan fingerprint density at radius 3 is 2.30 bits per heavy atom. The van der Waals surface area contributed by atoms with E-state index in [1.807, 2.05) is 13.8 Å². The van der Waals surface area contributed by atoms with Crippen LogP contribution in [0.3, 0.4) is 0 Å². The molecule has 0 atom stereocenters. The third kappa shape index (κ3) is 4.71. The van der Waals surface area contributed by atoms with Crippen molar-refractivity contribution in [3.05, 3.63) is 0 Å². The predicted octanol–water partition coefficient (Wildman–Crippen LogP) is 1.49. The van der Waals surface area contributed by atoms with Gasteiger partial charge in [0, 0.05) is 6.54 Å². The summed E-state index contributed by atoms with van der Waals surface area (Å²) in [6, 6.07) is 0. The lowest BCUT2D eigenvalue weighted by molar-refractivity contribution is -0.145. The maximum Gasteiger partial charge on any atom is 0.324 e. The first-order valence-corrected chi connectivity index (χ1v) is 8.71. The van der Waals surface area contributed by atoms with Crippen molar-refractivity contribution >= 4 is 16.2 Å². The van der Waals surface area contributed by atoms with Gasteiger partial charge in [0.2, 0.25) is 0 Å². The average molecular weight is 306 g/mol. The Morgan fingerprint density at radius 1 is 1.35 bits per heavy atom. The molecule has 0 aliphatic heterocycles. The molecule has 1 aliphatic carbocycles. The second-order valence-corrected chi connectivity index (χ2v) is 7.59. The fraction of sp³-hybridized carbons (Fsp3) is 0.923. The third-order valence-electron chi connectivity index (χ3n) is 3.96. The fourth-order valence-electron chi connectivity index (χ4n) is 2.51. The Morgan fingerprint density at radius 2 is 1.90 bits per heavy atom. The largest absolute Gasteiger partial charge is 0.480 e. The smallest absolute Gasteiger partial charge is 0.324 e. The highest BCUT2D eigenvalue weighted by molar-refractivity contribution is 7.87. The Hall–Kier alpha value is -0.660. The molecule has 0 bridgehead atoms. The quantitative estimate of drug-likeness (QED) is 0.664. The molecule has 118 valence electrons. The van der Waals surface area contributed by atoms with Crippen LogP contribution in [0.25, 0.3) is 0 Å². The maximum atomic E-state index is 12.0. The van der Waals surface area contributed by atoms with Crippen LogP contribution in [0.4, 0.5) is 0 Å². The lowest BCUT2D eigenvalue weighted by Gasteiger charge is -2.36. The van der Waals surface area contributed by atoms with Crippen LogP contribution < -0.4 is 9.44 Å². The molecule has 1 aliphatic rings. The molecule has 0 aromatic heterocycles. The summed E-state index contributed by atoms with van der Waals surface area (Å²) in [7, 11) is -3.78. The molecule has 0 aromatic rings.